The van der Waals surface area contributed by atoms with Gasteiger partial charge in [0.1, 0.15) is 5.82 Å². The maximum absolute atomic E-state index is 13.7. The molecular formula is C14H24FN3. The van der Waals surface area contributed by atoms with Crippen LogP contribution in [0.3, 0.4) is 0 Å². The topological polar surface area (TPSA) is 32.5 Å². The molecule has 102 valence electrons. The Morgan fingerprint density at radius 1 is 1.17 bits per heavy atom. The van der Waals surface area contributed by atoms with E-state index in [1.165, 1.54) is 6.07 Å². The zero-order valence-corrected chi connectivity index (χ0v) is 11.6. The maximum Gasteiger partial charge on any atom is 0.129 e. The number of hydrogen-bond donors (Lipinski definition) is 1. The van der Waals surface area contributed by atoms with Crippen molar-refractivity contribution in [3.63, 3.8) is 0 Å². The molecule has 1 aromatic carbocycles. The van der Waals surface area contributed by atoms with Gasteiger partial charge >= 0.3 is 0 Å². The molecular weight excluding hydrogens is 229 g/mol. The number of benzene rings is 1. The standard InChI is InChI=1S/C14H24FN3/c1-4-8-18(10-9-17(2)3)14-7-5-6-13(15)12(14)11-16/h5-7H,4,8-11,16H2,1-3H3. The summed E-state index contributed by atoms with van der Waals surface area (Å²) in [5, 5.41) is 0. The summed E-state index contributed by atoms with van der Waals surface area (Å²) in [6.45, 7) is 5.12. The summed E-state index contributed by atoms with van der Waals surface area (Å²) in [5.74, 6) is -0.207. The summed E-state index contributed by atoms with van der Waals surface area (Å²) < 4.78 is 13.7. The van der Waals surface area contributed by atoms with Crippen molar-refractivity contribution < 1.29 is 4.39 Å². The predicted octanol–water partition coefficient (Wildman–Crippen LogP) is 2.06. The van der Waals surface area contributed by atoms with E-state index >= 15 is 0 Å². The molecule has 0 radical (unpaired) electrons. The molecule has 0 aliphatic rings. The molecule has 0 aromatic heterocycles. The number of nitrogens with two attached hydrogens (primary N) is 1. The van der Waals surface area contributed by atoms with Crippen LogP contribution in [0.2, 0.25) is 0 Å². The Hall–Kier alpha value is -1.13. The Kier molecular flexibility index (Phi) is 6.09. The first-order valence-electron chi connectivity index (χ1n) is 6.47. The molecule has 0 unspecified atom stereocenters. The van der Waals surface area contributed by atoms with Crippen molar-refractivity contribution in [3.8, 4) is 0 Å². The van der Waals surface area contributed by atoms with Crippen molar-refractivity contribution in [2.75, 3.05) is 38.6 Å². The van der Waals surface area contributed by atoms with Gasteiger partial charge in [-0.1, -0.05) is 13.0 Å². The lowest BCUT2D eigenvalue weighted by atomic mass is 10.1. The third kappa shape index (κ3) is 3.96. The normalized spacial score (nSPS) is 11.0. The van der Waals surface area contributed by atoms with Crippen molar-refractivity contribution in [1.29, 1.82) is 0 Å². The zero-order chi connectivity index (χ0) is 13.5. The van der Waals surface area contributed by atoms with Crippen molar-refractivity contribution in [1.82, 2.24) is 4.90 Å². The van der Waals surface area contributed by atoms with Gasteiger partial charge in [-0.2, -0.15) is 0 Å². The van der Waals surface area contributed by atoms with Gasteiger partial charge in [-0.3, -0.25) is 0 Å². The molecule has 0 spiro atoms. The summed E-state index contributed by atoms with van der Waals surface area (Å²) in [5.41, 5.74) is 7.21. The van der Waals surface area contributed by atoms with E-state index < -0.39 is 0 Å². The first-order valence-corrected chi connectivity index (χ1v) is 6.47. The monoisotopic (exact) mass is 253 g/mol. The van der Waals surface area contributed by atoms with Gasteiger partial charge in [0.2, 0.25) is 0 Å². The van der Waals surface area contributed by atoms with Crippen LogP contribution >= 0.6 is 0 Å². The van der Waals surface area contributed by atoms with E-state index in [0.29, 0.717) is 5.56 Å². The molecule has 0 amide bonds. The molecule has 0 aliphatic carbocycles. The fourth-order valence-electron chi connectivity index (χ4n) is 1.99. The third-order valence-corrected chi connectivity index (χ3v) is 2.95. The number of rotatable bonds is 7. The second-order valence-electron chi connectivity index (χ2n) is 4.73. The van der Waals surface area contributed by atoms with Crippen LogP contribution in [0.5, 0.6) is 0 Å². The van der Waals surface area contributed by atoms with Gasteiger partial charge in [0.25, 0.3) is 0 Å². The summed E-state index contributed by atoms with van der Waals surface area (Å²) in [7, 11) is 4.08. The van der Waals surface area contributed by atoms with E-state index in [1.54, 1.807) is 6.07 Å². The second kappa shape index (κ2) is 7.34. The van der Waals surface area contributed by atoms with Gasteiger partial charge in [0, 0.05) is 37.4 Å². The highest BCUT2D eigenvalue weighted by Crippen LogP contribution is 2.23. The number of nitrogens with zero attached hydrogens (tertiary/aromatic N) is 2. The third-order valence-electron chi connectivity index (χ3n) is 2.95. The van der Waals surface area contributed by atoms with Gasteiger partial charge in [0.15, 0.2) is 0 Å². The molecule has 0 saturated heterocycles. The number of likely N-dealkylation sites (N-methyl/N-ethyl adjacent to an activating group) is 1. The minimum absolute atomic E-state index is 0.207. The molecule has 0 fully saturated rings. The molecule has 3 nitrogen and oxygen atoms in total. The van der Waals surface area contributed by atoms with Crippen LogP contribution in [-0.4, -0.2) is 38.6 Å². The first kappa shape index (κ1) is 14.9. The number of hydrogen-bond acceptors (Lipinski definition) is 3. The van der Waals surface area contributed by atoms with E-state index in [9.17, 15) is 4.39 Å². The summed E-state index contributed by atoms with van der Waals surface area (Å²) in [4.78, 5) is 4.34. The van der Waals surface area contributed by atoms with Crippen LogP contribution in [0.4, 0.5) is 10.1 Å². The zero-order valence-electron chi connectivity index (χ0n) is 11.6. The maximum atomic E-state index is 13.7. The highest BCUT2D eigenvalue weighted by Gasteiger charge is 2.13. The SMILES string of the molecule is CCCN(CCN(C)C)c1cccc(F)c1CN. The molecule has 18 heavy (non-hydrogen) atoms. The number of anilines is 1. The molecule has 2 N–H and O–H groups in total. The molecule has 0 heterocycles. The molecule has 0 bridgehead atoms. The highest BCUT2D eigenvalue weighted by molar-refractivity contribution is 5.54. The smallest absolute Gasteiger partial charge is 0.129 e. The van der Waals surface area contributed by atoms with E-state index in [-0.39, 0.29) is 12.4 Å². The molecule has 1 rings (SSSR count). The molecule has 0 atom stereocenters. The van der Waals surface area contributed by atoms with Gasteiger partial charge < -0.3 is 15.5 Å². The van der Waals surface area contributed by atoms with Crippen LogP contribution in [0.1, 0.15) is 18.9 Å². The lowest BCUT2D eigenvalue weighted by Crippen LogP contribution is -2.33. The van der Waals surface area contributed by atoms with Gasteiger partial charge in [-0.05, 0) is 32.6 Å². The van der Waals surface area contributed by atoms with Crippen molar-refractivity contribution >= 4 is 5.69 Å². The van der Waals surface area contributed by atoms with Crippen molar-refractivity contribution in [3.05, 3.63) is 29.6 Å². The Balaban J connectivity index is 2.93. The van der Waals surface area contributed by atoms with Gasteiger partial charge in [0.05, 0.1) is 0 Å². The Bertz CT molecular complexity index is 366. The van der Waals surface area contributed by atoms with Crippen LogP contribution in [0.15, 0.2) is 18.2 Å². The second-order valence-corrected chi connectivity index (χ2v) is 4.73. The van der Waals surface area contributed by atoms with Gasteiger partial charge in [-0.25, -0.2) is 4.39 Å². The molecule has 0 saturated carbocycles. The lowest BCUT2D eigenvalue weighted by Gasteiger charge is -2.28. The molecule has 0 aliphatic heterocycles. The van der Waals surface area contributed by atoms with Crippen LogP contribution < -0.4 is 10.6 Å². The quantitative estimate of drug-likeness (QED) is 0.807. The van der Waals surface area contributed by atoms with E-state index in [0.717, 1.165) is 31.7 Å². The van der Waals surface area contributed by atoms with Crippen LogP contribution in [0, 0.1) is 5.82 Å². The van der Waals surface area contributed by atoms with Crippen LogP contribution in [-0.2, 0) is 6.54 Å². The molecule has 4 heteroatoms. The number of halogens is 1. The lowest BCUT2D eigenvalue weighted by molar-refractivity contribution is 0.412. The van der Waals surface area contributed by atoms with Crippen molar-refractivity contribution in [2.24, 2.45) is 5.73 Å². The minimum atomic E-state index is -0.207. The molecule has 1 aromatic rings. The Morgan fingerprint density at radius 3 is 2.44 bits per heavy atom. The Morgan fingerprint density at radius 2 is 1.89 bits per heavy atom. The largest absolute Gasteiger partial charge is 0.370 e. The summed E-state index contributed by atoms with van der Waals surface area (Å²) >= 11 is 0. The van der Waals surface area contributed by atoms with Gasteiger partial charge in [-0.15, -0.1) is 0 Å². The minimum Gasteiger partial charge on any atom is -0.370 e. The average molecular weight is 253 g/mol. The van der Waals surface area contributed by atoms with Crippen LogP contribution in [0.25, 0.3) is 0 Å². The first-order chi connectivity index (χ1) is 8.60. The fourth-order valence-corrected chi connectivity index (χ4v) is 1.99. The summed E-state index contributed by atoms with van der Waals surface area (Å²) in [6.07, 6.45) is 1.04. The Labute approximate surface area is 109 Å². The average Bonchev–Trinajstić information content (AvgIpc) is 2.34. The summed E-state index contributed by atoms with van der Waals surface area (Å²) in [6, 6.07) is 5.18. The van der Waals surface area contributed by atoms with E-state index in [2.05, 4.69) is 16.7 Å². The van der Waals surface area contributed by atoms with E-state index in [1.807, 2.05) is 20.2 Å². The van der Waals surface area contributed by atoms with E-state index in [4.69, 9.17) is 5.73 Å². The predicted molar refractivity (Wildman–Crippen MR) is 75.3 cm³/mol. The fraction of sp³-hybridized carbons (Fsp3) is 0.571. The van der Waals surface area contributed by atoms with Crippen molar-refractivity contribution in [2.45, 2.75) is 19.9 Å². The highest BCUT2D eigenvalue weighted by atomic mass is 19.1.